The second-order valence-electron chi connectivity index (χ2n) is 5.08. The normalized spacial score (nSPS) is 11.7. The lowest BCUT2D eigenvalue weighted by Crippen LogP contribution is -2.06. The first-order valence-corrected chi connectivity index (χ1v) is 7.62. The van der Waals surface area contributed by atoms with Gasteiger partial charge in [0, 0.05) is 23.5 Å². The van der Waals surface area contributed by atoms with E-state index in [0.29, 0.717) is 5.56 Å². The van der Waals surface area contributed by atoms with Gasteiger partial charge in [-0.25, -0.2) is 0 Å². The molecule has 24 heavy (non-hydrogen) atoms. The SMILES string of the molecule is CCc1ccc(C(=O)/C=C/Nc2ccc(Cl)c(C(F)(F)F)c2)cc1. The average Bonchev–Trinajstić information content (AvgIpc) is 2.55. The van der Waals surface area contributed by atoms with Crippen LogP contribution in [-0.2, 0) is 12.6 Å². The molecule has 2 aromatic carbocycles. The fourth-order valence-corrected chi connectivity index (χ4v) is 2.27. The van der Waals surface area contributed by atoms with Gasteiger partial charge in [-0.1, -0.05) is 42.8 Å². The standard InChI is InChI=1S/C18H15ClF3NO/c1-2-12-3-5-13(6-4-12)17(24)9-10-23-14-7-8-16(19)15(11-14)18(20,21)22/h3-11,23H,2H2,1H3/b10-9+. The Labute approximate surface area is 142 Å². The number of carbonyl (C=O) groups excluding carboxylic acids is 1. The molecule has 126 valence electrons. The molecule has 2 nitrogen and oxygen atoms in total. The van der Waals surface area contributed by atoms with E-state index in [1.165, 1.54) is 18.3 Å². The molecule has 0 aromatic heterocycles. The summed E-state index contributed by atoms with van der Waals surface area (Å²) in [5.41, 5.74) is 0.896. The minimum absolute atomic E-state index is 0.192. The van der Waals surface area contributed by atoms with E-state index in [2.05, 4.69) is 5.32 Å². The van der Waals surface area contributed by atoms with Gasteiger partial charge in [-0.2, -0.15) is 13.2 Å². The predicted molar refractivity (Wildman–Crippen MR) is 89.4 cm³/mol. The molecule has 0 saturated carbocycles. The molecular weight excluding hydrogens is 339 g/mol. The lowest BCUT2D eigenvalue weighted by atomic mass is 10.1. The molecule has 6 heteroatoms. The summed E-state index contributed by atoms with van der Waals surface area (Å²) in [4.78, 5) is 12.0. The highest BCUT2D eigenvalue weighted by molar-refractivity contribution is 6.31. The van der Waals surface area contributed by atoms with E-state index >= 15 is 0 Å². The molecule has 0 heterocycles. The molecule has 0 bridgehead atoms. The summed E-state index contributed by atoms with van der Waals surface area (Å²) in [6.07, 6.45) is -1.08. The lowest BCUT2D eigenvalue weighted by molar-refractivity contribution is -0.137. The highest BCUT2D eigenvalue weighted by atomic mass is 35.5. The Hall–Kier alpha value is -2.27. The van der Waals surface area contributed by atoms with Gasteiger partial charge >= 0.3 is 6.18 Å². The van der Waals surface area contributed by atoms with Gasteiger partial charge in [0.25, 0.3) is 0 Å². The number of allylic oxidation sites excluding steroid dienone is 1. The molecule has 0 saturated heterocycles. The van der Waals surface area contributed by atoms with Crippen LogP contribution in [-0.4, -0.2) is 5.78 Å². The van der Waals surface area contributed by atoms with Crippen LogP contribution in [0.3, 0.4) is 0 Å². The van der Waals surface area contributed by atoms with E-state index in [4.69, 9.17) is 11.6 Å². The second-order valence-corrected chi connectivity index (χ2v) is 5.49. The molecule has 2 rings (SSSR count). The molecule has 0 aliphatic rings. The molecule has 2 aromatic rings. The van der Waals surface area contributed by atoms with Crippen molar-refractivity contribution in [2.75, 3.05) is 5.32 Å². The van der Waals surface area contributed by atoms with E-state index in [1.807, 2.05) is 19.1 Å². The maximum atomic E-state index is 12.8. The summed E-state index contributed by atoms with van der Waals surface area (Å²) in [5.74, 6) is -0.241. The number of rotatable bonds is 5. The highest BCUT2D eigenvalue weighted by Crippen LogP contribution is 2.36. The van der Waals surface area contributed by atoms with Gasteiger partial charge < -0.3 is 5.32 Å². The van der Waals surface area contributed by atoms with E-state index in [0.717, 1.165) is 24.1 Å². The van der Waals surface area contributed by atoms with E-state index in [1.54, 1.807) is 12.1 Å². The lowest BCUT2D eigenvalue weighted by Gasteiger charge is -2.10. The van der Waals surface area contributed by atoms with Crippen molar-refractivity contribution >= 4 is 23.1 Å². The average molecular weight is 354 g/mol. The molecular formula is C18H15ClF3NO. The molecule has 0 aliphatic carbocycles. The Morgan fingerprint density at radius 1 is 1.17 bits per heavy atom. The number of anilines is 1. The number of hydrogen-bond acceptors (Lipinski definition) is 2. The Balaban J connectivity index is 2.07. The van der Waals surface area contributed by atoms with Crippen LogP contribution >= 0.6 is 11.6 Å². The third-order valence-corrected chi connectivity index (χ3v) is 3.73. The van der Waals surface area contributed by atoms with Crippen molar-refractivity contribution in [1.82, 2.24) is 0 Å². The quantitative estimate of drug-likeness (QED) is 0.549. The zero-order valence-electron chi connectivity index (χ0n) is 12.8. The Kier molecular flexibility index (Phi) is 5.67. The number of aryl methyl sites for hydroxylation is 1. The summed E-state index contributed by atoms with van der Waals surface area (Å²) in [7, 11) is 0. The smallest absolute Gasteiger partial charge is 0.362 e. The number of nitrogens with one attached hydrogen (secondary N) is 1. The van der Waals surface area contributed by atoms with Crippen LogP contribution in [0.15, 0.2) is 54.7 Å². The zero-order valence-corrected chi connectivity index (χ0v) is 13.6. The molecule has 0 atom stereocenters. The van der Waals surface area contributed by atoms with Crippen LogP contribution in [0, 0.1) is 0 Å². The summed E-state index contributed by atoms with van der Waals surface area (Å²) in [5, 5.41) is 2.28. The predicted octanol–water partition coefficient (Wildman–Crippen LogP) is 5.73. The summed E-state index contributed by atoms with van der Waals surface area (Å²) in [6.45, 7) is 2.02. The van der Waals surface area contributed by atoms with Crippen molar-refractivity contribution in [3.05, 3.63) is 76.5 Å². The van der Waals surface area contributed by atoms with Gasteiger partial charge in [0.15, 0.2) is 5.78 Å². The first-order chi connectivity index (χ1) is 11.3. The van der Waals surface area contributed by atoms with E-state index < -0.39 is 11.7 Å². The van der Waals surface area contributed by atoms with Crippen LogP contribution in [0.1, 0.15) is 28.4 Å². The minimum Gasteiger partial charge on any atom is -0.362 e. The topological polar surface area (TPSA) is 29.1 Å². The molecule has 0 aliphatic heterocycles. The van der Waals surface area contributed by atoms with Crippen LogP contribution < -0.4 is 5.32 Å². The second kappa shape index (κ2) is 7.53. The fourth-order valence-electron chi connectivity index (χ4n) is 2.05. The van der Waals surface area contributed by atoms with Crippen molar-refractivity contribution < 1.29 is 18.0 Å². The van der Waals surface area contributed by atoms with Gasteiger partial charge in [-0.15, -0.1) is 0 Å². The van der Waals surface area contributed by atoms with Gasteiger partial charge in [-0.3, -0.25) is 4.79 Å². The van der Waals surface area contributed by atoms with Gasteiger partial charge in [0.1, 0.15) is 0 Å². The van der Waals surface area contributed by atoms with Gasteiger partial charge in [-0.05, 0) is 30.2 Å². The Morgan fingerprint density at radius 3 is 2.42 bits per heavy atom. The van der Waals surface area contributed by atoms with Crippen LogP contribution in [0.2, 0.25) is 5.02 Å². The van der Waals surface area contributed by atoms with E-state index in [-0.39, 0.29) is 16.5 Å². The third-order valence-electron chi connectivity index (χ3n) is 3.40. The molecule has 0 radical (unpaired) electrons. The highest BCUT2D eigenvalue weighted by Gasteiger charge is 2.33. The number of alkyl halides is 3. The largest absolute Gasteiger partial charge is 0.417 e. The first-order valence-electron chi connectivity index (χ1n) is 7.24. The molecule has 1 N–H and O–H groups in total. The van der Waals surface area contributed by atoms with Crippen LogP contribution in [0.25, 0.3) is 0 Å². The minimum atomic E-state index is -4.53. The number of hydrogen-bond donors (Lipinski definition) is 1. The van der Waals surface area contributed by atoms with Crippen LogP contribution in [0.5, 0.6) is 0 Å². The van der Waals surface area contributed by atoms with Crippen LogP contribution in [0.4, 0.5) is 18.9 Å². The summed E-state index contributed by atoms with van der Waals surface area (Å²) in [6, 6.07) is 10.6. The zero-order chi connectivity index (χ0) is 17.7. The number of carbonyl (C=O) groups is 1. The summed E-state index contributed by atoms with van der Waals surface area (Å²) < 4.78 is 38.3. The Morgan fingerprint density at radius 2 is 1.83 bits per heavy atom. The molecule has 0 amide bonds. The molecule has 0 spiro atoms. The third kappa shape index (κ3) is 4.61. The van der Waals surface area contributed by atoms with Gasteiger partial charge in [0.2, 0.25) is 0 Å². The number of benzene rings is 2. The van der Waals surface area contributed by atoms with Crippen molar-refractivity contribution in [2.24, 2.45) is 0 Å². The maximum absolute atomic E-state index is 12.8. The van der Waals surface area contributed by atoms with Gasteiger partial charge in [0.05, 0.1) is 10.6 Å². The first kappa shape index (κ1) is 18.1. The van der Waals surface area contributed by atoms with Crippen molar-refractivity contribution in [2.45, 2.75) is 19.5 Å². The van der Waals surface area contributed by atoms with E-state index in [9.17, 15) is 18.0 Å². The Bertz CT molecular complexity index is 752. The summed E-state index contributed by atoms with van der Waals surface area (Å²) >= 11 is 5.55. The molecule has 0 unspecified atom stereocenters. The van der Waals surface area contributed by atoms with Crippen molar-refractivity contribution in [3.63, 3.8) is 0 Å². The van der Waals surface area contributed by atoms with Crippen molar-refractivity contribution in [3.8, 4) is 0 Å². The maximum Gasteiger partial charge on any atom is 0.417 e. The monoisotopic (exact) mass is 353 g/mol. The number of ketones is 1. The fraction of sp³-hybridized carbons (Fsp3) is 0.167. The van der Waals surface area contributed by atoms with Crippen molar-refractivity contribution in [1.29, 1.82) is 0 Å². The molecule has 0 fully saturated rings. The number of halogens is 4.